The minimum absolute atomic E-state index is 0.550. The Hall–Kier alpha value is -2.27. The van der Waals surface area contributed by atoms with E-state index in [9.17, 15) is 0 Å². The number of benzene rings is 1. The van der Waals surface area contributed by atoms with Gasteiger partial charge in [-0.25, -0.2) is 0 Å². The van der Waals surface area contributed by atoms with Gasteiger partial charge in [0.05, 0.1) is 5.71 Å². The van der Waals surface area contributed by atoms with E-state index >= 15 is 0 Å². The molecule has 0 aliphatic rings. The summed E-state index contributed by atoms with van der Waals surface area (Å²) >= 11 is 1.70. The molecule has 0 amide bonds. The molecule has 3 aromatic rings. The van der Waals surface area contributed by atoms with Crippen molar-refractivity contribution in [1.29, 1.82) is 5.41 Å². The predicted molar refractivity (Wildman–Crippen MR) is 95.3 cm³/mol. The number of nitrogens with zero attached hydrogens (tertiary/aromatic N) is 3. The molecule has 23 heavy (non-hydrogen) atoms. The lowest BCUT2D eigenvalue weighted by atomic mass is 9.99. The van der Waals surface area contributed by atoms with Crippen molar-refractivity contribution >= 4 is 17.0 Å². The molecule has 1 N–H and O–H groups in total. The van der Waals surface area contributed by atoms with E-state index in [-0.39, 0.29) is 0 Å². The van der Waals surface area contributed by atoms with Gasteiger partial charge >= 0.3 is 0 Å². The fraction of sp³-hybridized carbons (Fsp3) is 0.278. The molecule has 0 bridgehead atoms. The molecular formula is C18H20N4S. The van der Waals surface area contributed by atoms with Crippen molar-refractivity contribution in [3.8, 4) is 5.00 Å². The molecule has 3 rings (SSSR count). The molecule has 0 unspecified atom stereocenters. The molecule has 1 aromatic carbocycles. The zero-order chi connectivity index (χ0) is 16.7. The SMILES string of the molecule is Cc1ccc(C(=N)c2c(-n3c(C)nnc3C)sc(C)c2C)cc1. The van der Waals surface area contributed by atoms with Crippen LogP contribution < -0.4 is 0 Å². The van der Waals surface area contributed by atoms with Gasteiger partial charge in [0.2, 0.25) is 0 Å². The number of hydrogen-bond donors (Lipinski definition) is 1. The first-order chi connectivity index (χ1) is 10.9. The summed E-state index contributed by atoms with van der Waals surface area (Å²) in [6.07, 6.45) is 0. The number of nitrogens with one attached hydrogen (secondary N) is 1. The Morgan fingerprint density at radius 3 is 2.09 bits per heavy atom. The Morgan fingerprint density at radius 2 is 1.52 bits per heavy atom. The van der Waals surface area contributed by atoms with Crippen LogP contribution in [0.1, 0.15) is 38.8 Å². The minimum Gasteiger partial charge on any atom is -0.300 e. The molecule has 0 aliphatic heterocycles. The van der Waals surface area contributed by atoms with Crippen LogP contribution in [0.15, 0.2) is 24.3 Å². The second-order valence-electron chi connectivity index (χ2n) is 5.83. The van der Waals surface area contributed by atoms with Crippen molar-refractivity contribution in [2.24, 2.45) is 0 Å². The van der Waals surface area contributed by atoms with Crippen LogP contribution in [-0.4, -0.2) is 20.5 Å². The lowest BCUT2D eigenvalue weighted by molar-refractivity contribution is 0.953. The fourth-order valence-electron chi connectivity index (χ4n) is 2.69. The van der Waals surface area contributed by atoms with Gasteiger partial charge in [-0.2, -0.15) is 0 Å². The monoisotopic (exact) mass is 324 g/mol. The van der Waals surface area contributed by atoms with Gasteiger partial charge in [0, 0.05) is 16.0 Å². The molecule has 0 aliphatic carbocycles. The molecule has 2 heterocycles. The topological polar surface area (TPSA) is 54.6 Å². The summed E-state index contributed by atoms with van der Waals surface area (Å²) in [6.45, 7) is 10.1. The van der Waals surface area contributed by atoms with Crippen LogP contribution in [0.5, 0.6) is 0 Å². The van der Waals surface area contributed by atoms with Crippen LogP contribution in [0.4, 0.5) is 0 Å². The Kier molecular flexibility index (Phi) is 3.90. The summed E-state index contributed by atoms with van der Waals surface area (Å²) in [5.74, 6) is 1.70. The van der Waals surface area contributed by atoms with Crippen LogP contribution >= 0.6 is 11.3 Å². The number of rotatable bonds is 3. The number of thiophene rings is 1. The summed E-state index contributed by atoms with van der Waals surface area (Å²) in [7, 11) is 0. The van der Waals surface area contributed by atoms with E-state index in [1.54, 1.807) is 11.3 Å². The maximum absolute atomic E-state index is 8.73. The Bertz CT molecular complexity index is 865. The summed E-state index contributed by atoms with van der Waals surface area (Å²) in [5.41, 5.74) is 4.81. The molecule has 0 atom stereocenters. The van der Waals surface area contributed by atoms with Gasteiger partial charge in [-0.15, -0.1) is 21.5 Å². The van der Waals surface area contributed by atoms with Crippen molar-refractivity contribution < 1.29 is 0 Å². The number of aromatic nitrogens is 3. The molecule has 2 aromatic heterocycles. The highest BCUT2D eigenvalue weighted by Crippen LogP contribution is 2.33. The molecule has 5 heteroatoms. The first kappa shape index (κ1) is 15.6. The highest BCUT2D eigenvalue weighted by atomic mass is 32.1. The van der Waals surface area contributed by atoms with Crippen LogP contribution in [0.25, 0.3) is 5.00 Å². The average Bonchev–Trinajstić information content (AvgIpc) is 2.99. The Balaban J connectivity index is 2.20. The van der Waals surface area contributed by atoms with Gasteiger partial charge < -0.3 is 0 Å². The highest BCUT2D eigenvalue weighted by Gasteiger charge is 2.21. The summed E-state index contributed by atoms with van der Waals surface area (Å²) in [5, 5.41) is 18.1. The van der Waals surface area contributed by atoms with E-state index in [0.29, 0.717) is 5.71 Å². The van der Waals surface area contributed by atoms with E-state index < -0.39 is 0 Å². The van der Waals surface area contributed by atoms with E-state index in [0.717, 1.165) is 33.3 Å². The lowest BCUT2D eigenvalue weighted by Crippen LogP contribution is -2.08. The Morgan fingerprint density at radius 1 is 0.957 bits per heavy atom. The molecule has 118 valence electrons. The zero-order valence-electron chi connectivity index (χ0n) is 14.1. The van der Waals surface area contributed by atoms with Crippen molar-refractivity contribution in [1.82, 2.24) is 14.8 Å². The van der Waals surface area contributed by atoms with Crippen molar-refractivity contribution in [2.45, 2.75) is 34.6 Å². The van der Waals surface area contributed by atoms with Crippen LogP contribution in [0.3, 0.4) is 0 Å². The van der Waals surface area contributed by atoms with Crippen molar-refractivity contribution in [3.05, 3.63) is 63.0 Å². The van der Waals surface area contributed by atoms with Gasteiger partial charge in [-0.3, -0.25) is 9.98 Å². The standard InChI is InChI=1S/C18H20N4S/c1-10-6-8-15(9-7-10)17(19)16-11(2)12(3)23-18(16)22-13(4)20-21-14(22)5/h6-9,19H,1-5H3. The smallest absolute Gasteiger partial charge is 0.135 e. The third-order valence-corrected chi connectivity index (χ3v) is 5.34. The fourth-order valence-corrected chi connectivity index (χ4v) is 3.95. The lowest BCUT2D eigenvalue weighted by Gasteiger charge is -2.11. The third-order valence-electron chi connectivity index (χ3n) is 4.15. The molecule has 0 saturated carbocycles. The quantitative estimate of drug-likeness (QED) is 0.731. The van der Waals surface area contributed by atoms with Crippen molar-refractivity contribution in [3.63, 3.8) is 0 Å². The van der Waals surface area contributed by atoms with Gasteiger partial charge in [0.1, 0.15) is 16.6 Å². The normalized spacial score (nSPS) is 11.0. The van der Waals surface area contributed by atoms with Gasteiger partial charge in [-0.1, -0.05) is 29.8 Å². The summed E-state index contributed by atoms with van der Waals surface area (Å²) in [4.78, 5) is 1.22. The summed E-state index contributed by atoms with van der Waals surface area (Å²) < 4.78 is 2.04. The largest absolute Gasteiger partial charge is 0.300 e. The first-order valence-electron chi connectivity index (χ1n) is 7.55. The predicted octanol–water partition coefficient (Wildman–Crippen LogP) is 4.29. The second kappa shape index (κ2) is 5.74. The number of hydrogen-bond acceptors (Lipinski definition) is 4. The maximum Gasteiger partial charge on any atom is 0.135 e. The van der Waals surface area contributed by atoms with Crippen LogP contribution in [-0.2, 0) is 0 Å². The molecule has 0 saturated heterocycles. The van der Waals surface area contributed by atoms with Crippen LogP contribution in [0, 0.1) is 40.0 Å². The third kappa shape index (κ3) is 2.61. The molecule has 0 radical (unpaired) electrons. The molecule has 4 nitrogen and oxygen atoms in total. The second-order valence-corrected chi connectivity index (χ2v) is 7.04. The van der Waals surface area contributed by atoms with Gasteiger partial charge in [0.25, 0.3) is 0 Å². The average molecular weight is 324 g/mol. The molecule has 0 spiro atoms. The van der Waals surface area contributed by atoms with Crippen molar-refractivity contribution in [2.75, 3.05) is 0 Å². The summed E-state index contributed by atoms with van der Waals surface area (Å²) in [6, 6.07) is 8.13. The van der Waals surface area contributed by atoms with E-state index in [1.165, 1.54) is 10.4 Å². The molecular weight excluding hydrogens is 304 g/mol. The number of aryl methyl sites for hydroxylation is 4. The van der Waals surface area contributed by atoms with Gasteiger partial charge in [-0.05, 0) is 40.2 Å². The zero-order valence-corrected chi connectivity index (χ0v) is 14.9. The van der Waals surface area contributed by atoms with Gasteiger partial charge in [0.15, 0.2) is 0 Å². The minimum atomic E-state index is 0.550. The van der Waals surface area contributed by atoms with E-state index in [4.69, 9.17) is 5.41 Å². The Labute approximate surface area is 140 Å². The first-order valence-corrected chi connectivity index (χ1v) is 8.36. The molecule has 0 fully saturated rings. The highest BCUT2D eigenvalue weighted by molar-refractivity contribution is 7.15. The maximum atomic E-state index is 8.73. The van der Waals surface area contributed by atoms with E-state index in [2.05, 4.69) is 31.0 Å². The van der Waals surface area contributed by atoms with E-state index in [1.807, 2.05) is 42.7 Å². The van der Waals surface area contributed by atoms with Crippen LogP contribution in [0.2, 0.25) is 0 Å².